The number of carbonyl (C=O) groups excluding carboxylic acids is 1. The van der Waals surface area contributed by atoms with Crippen molar-refractivity contribution in [2.45, 2.75) is 6.61 Å². The minimum absolute atomic E-state index is 0.102. The Bertz CT molecular complexity index is 631. The first-order valence-corrected chi connectivity index (χ1v) is 7.33. The van der Waals surface area contributed by atoms with E-state index in [1.54, 1.807) is 42.5 Å². The lowest BCUT2D eigenvalue weighted by Crippen LogP contribution is -2.20. The summed E-state index contributed by atoms with van der Waals surface area (Å²) in [7, 11) is 0. The molecule has 1 amide bonds. The van der Waals surface area contributed by atoms with Gasteiger partial charge in [0.05, 0.1) is 6.61 Å². The van der Waals surface area contributed by atoms with E-state index in [2.05, 4.69) is 21.2 Å². The van der Waals surface area contributed by atoms with Crippen LogP contribution in [-0.2, 0) is 11.4 Å². The Balaban J connectivity index is 1.90. The molecular formula is C15H13BrClNO3. The van der Waals surface area contributed by atoms with Gasteiger partial charge in [-0.3, -0.25) is 4.79 Å². The van der Waals surface area contributed by atoms with Gasteiger partial charge in [-0.25, -0.2) is 0 Å². The molecule has 0 aliphatic carbocycles. The van der Waals surface area contributed by atoms with Crippen LogP contribution in [0.3, 0.4) is 0 Å². The Morgan fingerprint density at radius 1 is 1.24 bits per heavy atom. The summed E-state index contributed by atoms with van der Waals surface area (Å²) in [5, 5.41) is 12.5. The highest BCUT2D eigenvalue weighted by Gasteiger charge is 2.06. The van der Waals surface area contributed by atoms with Crippen LogP contribution in [0.1, 0.15) is 5.56 Å². The van der Waals surface area contributed by atoms with Crippen LogP contribution >= 0.6 is 27.5 Å². The number of anilines is 1. The molecule has 0 aliphatic heterocycles. The summed E-state index contributed by atoms with van der Waals surface area (Å²) in [4.78, 5) is 11.8. The van der Waals surface area contributed by atoms with Crippen LogP contribution in [0.15, 0.2) is 46.9 Å². The van der Waals surface area contributed by atoms with Gasteiger partial charge >= 0.3 is 0 Å². The van der Waals surface area contributed by atoms with E-state index in [9.17, 15) is 4.79 Å². The molecule has 0 bridgehead atoms. The third-order valence-corrected chi connectivity index (χ3v) is 3.71. The molecule has 2 aromatic rings. The maximum absolute atomic E-state index is 11.8. The van der Waals surface area contributed by atoms with Gasteiger partial charge in [0.25, 0.3) is 5.91 Å². The third-order valence-electron chi connectivity index (χ3n) is 2.69. The van der Waals surface area contributed by atoms with Crippen LogP contribution in [0.4, 0.5) is 5.69 Å². The minimum Gasteiger partial charge on any atom is -0.484 e. The van der Waals surface area contributed by atoms with E-state index in [0.717, 1.165) is 4.47 Å². The first-order chi connectivity index (χ1) is 10.1. The Labute approximate surface area is 135 Å². The zero-order chi connectivity index (χ0) is 15.2. The molecule has 0 spiro atoms. The largest absolute Gasteiger partial charge is 0.484 e. The number of rotatable bonds is 5. The quantitative estimate of drug-likeness (QED) is 0.845. The van der Waals surface area contributed by atoms with Gasteiger partial charge < -0.3 is 15.2 Å². The molecular weight excluding hydrogens is 358 g/mol. The molecule has 2 rings (SSSR count). The molecule has 0 aromatic heterocycles. The molecule has 6 heteroatoms. The fraction of sp³-hybridized carbons (Fsp3) is 0.133. The highest BCUT2D eigenvalue weighted by molar-refractivity contribution is 9.10. The number of hydrogen-bond donors (Lipinski definition) is 2. The Hall–Kier alpha value is -1.56. The number of carbonyl (C=O) groups is 1. The molecule has 0 radical (unpaired) electrons. The molecule has 0 saturated heterocycles. The monoisotopic (exact) mass is 369 g/mol. The molecule has 2 aromatic carbocycles. The summed E-state index contributed by atoms with van der Waals surface area (Å²) in [6.45, 7) is -0.218. The summed E-state index contributed by atoms with van der Waals surface area (Å²) < 4.78 is 6.19. The fourth-order valence-corrected chi connectivity index (χ4v) is 2.14. The molecule has 0 unspecified atom stereocenters. The third kappa shape index (κ3) is 4.74. The predicted octanol–water partition coefficient (Wildman–Crippen LogP) is 3.61. The maximum Gasteiger partial charge on any atom is 0.262 e. The van der Waals surface area contributed by atoms with Crippen molar-refractivity contribution < 1.29 is 14.6 Å². The normalized spacial score (nSPS) is 10.2. The molecule has 4 nitrogen and oxygen atoms in total. The van der Waals surface area contributed by atoms with Crippen LogP contribution in [0.2, 0.25) is 5.02 Å². The van der Waals surface area contributed by atoms with Gasteiger partial charge in [-0.15, -0.1) is 0 Å². The molecule has 0 fully saturated rings. The van der Waals surface area contributed by atoms with Crippen molar-refractivity contribution in [2.24, 2.45) is 0 Å². The Morgan fingerprint density at radius 3 is 2.62 bits per heavy atom. The van der Waals surface area contributed by atoms with E-state index in [4.69, 9.17) is 21.4 Å². The highest BCUT2D eigenvalue weighted by Crippen LogP contribution is 2.22. The van der Waals surface area contributed by atoms with Crippen molar-refractivity contribution in [3.8, 4) is 5.75 Å². The first-order valence-electron chi connectivity index (χ1n) is 6.16. The molecule has 2 N–H and O–H groups in total. The van der Waals surface area contributed by atoms with Crippen molar-refractivity contribution in [3.63, 3.8) is 0 Å². The topological polar surface area (TPSA) is 58.6 Å². The minimum atomic E-state index is -0.272. The summed E-state index contributed by atoms with van der Waals surface area (Å²) in [6.07, 6.45) is 0. The zero-order valence-electron chi connectivity index (χ0n) is 11.0. The van der Waals surface area contributed by atoms with Gasteiger partial charge in [-0.05, 0) is 48.0 Å². The van der Waals surface area contributed by atoms with E-state index in [1.807, 2.05) is 0 Å². The lowest BCUT2D eigenvalue weighted by atomic mass is 10.2. The summed E-state index contributed by atoms with van der Waals surface area (Å²) >= 11 is 9.08. The zero-order valence-corrected chi connectivity index (χ0v) is 13.3. The summed E-state index contributed by atoms with van der Waals surface area (Å²) in [5.74, 6) is 0.249. The average molecular weight is 371 g/mol. The average Bonchev–Trinajstić information content (AvgIpc) is 2.49. The first kappa shape index (κ1) is 15.8. The van der Waals surface area contributed by atoms with E-state index < -0.39 is 0 Å². The van der Waals surface area contributed by atoms with E-state index in [-0.39, 0.29) is 19.1 Å². The second kappa shape index (κ2) is 7.45. The number of halogens is 2. The van der Waals surface area contributed by atoms with Gasteiger partial charge in [0.15, 0.2) is 6.61 Å². The lowest BCUT2D eigenvalue weighted by Gasteiger charge is -2.09. The standard InChI is InChI=1S/C15H13BrClNO3/c16-14-6-5-13(7-10(14)8-19)21-9-15(20)18-12-3-1-11(17)2-4-12/h1-7,19H,8-9H2,(H,18,20). The molecule has 0 atom stereocenters. The van der Waals surface area contributed by atoms with Crippen LogP contribution in [-0.4, -0.2) is 17.6 Å². The maximum atomic E-state index is 11.8. The summed E-state index contributed by atoms with van der Waals surface area (Å²) in [5.41, 5.74) is 1.35. The van der Waals surface area contributed by atoms with Gasteiger partial charge in [-0.2, -0.15) is 0 Å². The number of ether oxygens (including phenoxy) is 1. The number of aliphatic hydroxyl groups is 1. The van der Waals surface area contributed by atoms with E-state index in [0.29, 0.717) is 22.0 Å². The lowest BCUT2D eigenvalue weighted by molar-refractivity contribution is -0.118. The van der Waals surface area contributed by atoms with E-state index in [1.165, 1.54) is 0 Å². The van der Waals surface area contributed by atoms with Crippen LogP contribution in [0.5, 0.6) is 5.75 Å². The highest BCUT2D eigenvalue weighted by atomic mass is 79.9. The van der Waals surface area contributed by atoms with E-state index >= 15 is 0 Å². The number of hydrogen-bond acceptors (Lipinski definition) is 3. The second-order valence-corrected chi connectivity index (χ2v) is 5.55. The van der Waals surface area contributed by atoms with Gasteiger partial charge in [-0.1, -0.05) is 27.5 Å². The van der Waals surface area contributed by atoms with Crippen molar-refractivity contribution in [2.75, 3.05) is 11.9 Å². The number of aliphatic hydroxyl groups excluding tert-OH is 1. The van der Waals surface area contributed by atoms with Crippen molar-refractivity contribution >= 4 is 39.1 Å². The Kier molecular flexibility index (Phi) is 5.61. The van der Waals surface area contributed by atoms with Crippen LogP contribution in [0, 0.1) is 0 Å². The smallest absolute Gasteiger partial charge is 0.262 e. The SMILES string of the molecule is O=C(COc1ccc(Br)c(CO)c1)Nc1ccc(Cl)cc1. The summed E-state index contributed by atoms with van der Waals surface area (Å²) in [6, 6.07) is 12.0. The van der Waals surface area contributed by atoms with Crippen LogP contribution < -0.4 is 10.1 Å². The van der Waals surface area contributed by atoms with Gasteiger partial charge in [0, 0.05) is 15.2 Å². The van der Waals surface area contributed by atoms with Gasteiger partial charge in [0.1, 0.15) is 5.75 Å². The fourth-order valence-electron chi connectivity index (χ4n) is 1.64. The number of benzene rings is 2. The second-order valence-electron chi connectivity index (χ2n) is 4.26. The van der Waals surface area contributed by atoms with Crippen molar-refractivity contribution in [1.82, 2.24) is 0 Å². The molecule has 21 heavy (non-hydrogen) atoms. The van der Waals surface area contributed by atoms with Crippen molar-refractivity contribution in [1.29, 1.82) is 0 Å². The van der Waals surface area contributed by atoms with Crippen LogP contribution in [0.25, 0.3) is 0 Å². The molecule has 0 aliphatic rings. The molecule has 0 heterocycles. The van der Waals surface area contributed by atoms with Crippen molar-refractivity contribution in [3.05, 3.63) is 57.5 Å². The molecule has 0 saturated carbocycles. The Morgan fingerprint density at radius 2 is 1.95 bits per heavy atom. The number of nitrogens with one attached hydrogen (secondary N) is 1. The van der Waals surface area contributed by atoms with Gasteiger partial charge in [0.2, 0.25) is 0 Å². The molecule has 110 valence electrons. The number of amides is 1. The predicted molar refractivity (Wildman–Crippen MR) is 85.6 cm³/mol.